The molecule has 1 atom stereocenters. The Morgan fingerprint density at radius 2 is 1.42 bits per heavy atom. The molecule has 2 aromatic carbocycles. The monoisotopic (exact) mass is 366 g/mol. The molecule has 2 nitrogen and oxygen atoms in total. The Morgan fingerprint density at radius 1 is 0.923 bits per heavy atom. The maximum atomic E-state index is 6.91. The number of hydrogen-bond acceptors (Lipinski definition) is 2. The molecular formula is C23H30O2Si. The van der Waals surface area contributed by atoms with E-state index in [9.17, 15) is 0 Å². The normalized spacial score (nSPS) is 13.0. The third kappa shape index (κ3) is 4.35. The van der Waals surface area contributed by atoms with Crippen LogP contribution in [-0.4, -0.2) is 14.6 Å². The SMILES string of the molecule is C=CCCC(OC=C)O[Si](c1ccccc1)(c1ccccc1)C(C)(C)C. The molecule has 2 aromatic rings. The second kappa shape index (κ2) is 9.02. The van der Waals surface area contributed by atoms with Crippen LogP contribution in [0.3, 0.4) is 0 Å². The summed E-state index contributed by atoms with van der Waals surface area (Å²) in [5, 5.41) is 2.41. The zero-order valence-electron chi connectivity index (χ0n) is 16.2. The van der Waals surface area contributed by atoms with E-state index in [0.717, 1.165) is 12.8 Å². The molecule has 0 heterocycles. The van der Waals surface area contributed by atoms with Crippen LogP contribution >= 0.6 is 0 Å². The average Bonchev–Trinajstić information content (AvgIpc) is 2.64. The fourth-order valence-electron chi connectivity index (χ4n) is 3.40. The first-order valence-electron chi connectivity index (χ1n) is 9.12. The fourth-order valence-corrected chi connectivity index (χ4v) is 7.99. The van der Waals surface area contributed by atoms with E-state index >= 15 is 0 Å². The smallest absolute Gasteiger partial charge is 0.265 e. The van der Waals surface area contributed by atoms with Crippen molar-refractivity contribution in [2.45, 2.75) is 44.9 Å². The summed E-state index contributed by atoms with van der Waals surface area (Å²) in [6.45, 7) is 14.3. The number of ether oxygens (including phenoxy) is 1. The van der Waals surface area contributed by atoms with Gasteiger partial charge in [-0.1, -0.05) is 94.1 Å². The zero-order valence-corrected chi connectivity index (χ0v) is 17.2. The second-order valence-electron chi connectivity index (χ2n) is 7.38. The summed E-state index contributed by atoms with van der Waals surface area (Å²) in [6.07, 6.45) is 4.60. The van der Waals surface area contributed by atoms with E-state index in [2.05, 4.69) is 82.5 Å². The largest absolute Gasteiger partial charge is 0.474 e. The van der Waals surface area contributed by atoms with Gasteiger partial charge in [0.2, 0.25) is 0 Å². The van der Waals surface area contributed by atoms with Crippen molar-refractivity contribution in [3.63, 3.8) is 0 Å². The molecule has 0 amide bonds. The van der Waals surface area contributed by atoms with Gasteiger partial charge in [-0.05, 0) is 21.8 Å². The van der Waals surface area contributed by atoms with Crippen molar-refractivity contribution >= 4 is 18.7 Å². The van der Waals surface area contributed by atoms with E-state index in [1.807, 2.05) is 18.2 Å². The van der Waals surface area contributed by atoms with Crippen LogP contribution in [0.15, 0.2) is 86.2 Å². The lowest BCUT2D eigenvalue weighted by atomic mass is 10.2. The number of rotatable bonds is 9. The predicted octanol–water partition coefficient (Wildman–Crippen LogP) is 5.02. The molecule has 0 aliphatic rings. The summed E-state index contributed by atoms with van der Waals surface area (Å²) in [6, 6.07) is 21.2. The molecule has 0 saturated heterocycles. The highest BCUT2D eigenvalue weighted by Crippen LogP contribution is 2.38. The Hall–Kier alpha value is -2.10. The molecule has 0 spiro atoms. The summed E-state index contributed by atoms with van der Waals surface area (Å²) in [5.41, 5.74) is 0. The van der Waals surface area contributed by atoms with Gasteiger partial charge in [-0.15, -0.1) is 6.58 Å². The van der Waals surface area contributed by atoms with Crippen molar-refractivity contribution in [2.75, 3.05) is 0 Å². The van der Waals surface area contributed by atoms with Gasteiger partial charge in [0.15, 0.2) is 6.29 Å². The first-order chi connectivity index (χ1) is 12.5. The van der Waals surface area contributed by atoms with Crippen molar-refractivity contribution < 1.29 is 9.16 Å². The quantitative estimate of drug-likeness (QED) is 0.269. The Morgan fingerprint density at radius 3 is 1.81 bits per heavy atom. The minimum absolute atomic E-state index is 0.0767. The van der Waals surface area contributed by atoms with E-state index in [4.69, 9.17) is 9.16 Å². The van der Waals surface area contributed by atoms with Crippen LogP contribution in [-0.2, 0) is 9.16 Å². The minimum atomic E-state index is -2.61. The van der Waals surface area contributed by atoms with Gasteiger partial charge in [0.05, 0.1) is 6.26 Å². The van der Waals surface area contributed by atoms with E-state index in [-0.39, 0.29) is 11.3 Å². The van der Waals surface area contributed by atoms with E-state index in [1.165, 1.54) is 16.6 Å². The standard InChI is InChI=1S/C23H30O2Si/c1-6-8-19-22(24-7-2)25-26(23(3,4)5,20-15-11-9-12-16-20)21-17-13-10-14-18-21/h6-7,9-18,22H,1-2,8,19H2,3-5H3. The van der Waals surface area contributed by atoms with Crippen LogP contribution < -0.4 is 10.4 Å². The Balaban J connectivity index is 2.63. The molecular weight excluding hydrogens is 336 g/mol. The summed E-state index contributed by atoms with van der Waals surface area (Å²) >= 11 is 0. The average molecular weight is 367 g/mol. The van der Waals surface area contributed by atoms with Crippen molar-refractivity contribution in [3.05, 3.63) is 86.2 Å². The van der Waals surface area contributed by atoms with Gasteiger partial charge in [-0.2, -0.15) is 0 Å². The predicted molar refractivity (Wildman–Crippen MR) is 113 cm³/mol. The van der Waals surface area contributed by atoms with Gasteiger partial charge in [-0.3, -0.25) is 0 Å². The Bertz CT molecular complexity index is 650. The lowest BCUT2D eigenvalue weighted by Gasteiger charge is -2.44. The van der Waals surface area contributed by atoms with Crippen LogP contribution in [0.25, 0.3) is 0 Å². The van der Waals surface area contributed by atoms with E-state index in [0.29, 0.717) is 0 Å². The van der Waals surface area contributed by atoms with Crippen molar-refractivity contribution in [1.82, 2.24) is 0 Å². The minimum Gasteiger partial charge on any atom is -0.474 e. The molecule has 0 aliphatic heterocycles. The van der Waals surface area contributed by atoms with Gasteiger partial charge >= 0.3 is 0 Å². The molecule has 0 bridgehead atoms. The molecule has 0 aliphatic carbocycles. The van der Waals surface area contributed by atoms with Crippen LogP contribution in [0.4, 0.5) is 0 Å². The molecule has 0 radical (unpaired) electrons. The summed E-state index contributed by atoms with van der Waals surface area (Å²) < 4.78 is 12.7. The first kappa shape index (κ1) is 20.2. The number of allylic oxidation sites excluding steroid dienone is 1. The lowest BCUT2D eigenvalue weighted by Crippen LogP contribution is -2.67. The second-order valence-corrected chi connectivity index (χ2v) is 11.6. The first-order valence-corrected chi connectivity index (χ1v) is 11.0. The zero-order chi connectivity index (χ0) is 19.0. The Kier molecular flexibility index (Phi) is 7.01. The molecule has 3 heteroatoms. The molecule has 0 aromatic heterocycles. The molecule has 138 valence electrons. The van der Waals surface area contributed by atoms with Gasteiger partial charge in [-0.25, -0.2) is 0 Å². The number of hydrogen-bond donors (Lipinski definition) is 0. The van der Waals surface area contributed by atoms with Crippen LogP contribution in [0.1, 0.15) is 33.6 Å². The highest BCUT2D eigenvalue weighted by Gasteiger charge is 2.51. The van der Waals surface area contributed by atoms with Crippen molar-refractivity contribution in [1.29, 1.82) is 0 Å². The third-order valence-electron chi connectivity index (χ3n) is 4.58. The fraction of sp³-hybridized carbons (Fsp3) is 0.304. The van der Waals surface area contributed by atoms with E-state index in [1.54, 1.807) is 0 Å². The Labute approximate surface area is 159 Å². The van der Waals surface area contributed by atoms with Crippen LogP contribution in [0.2, 0.25) is 5.04 Å². The molecule has 0 saturated carbocycles. The van der Waals surface area contributed by atoms with Gasteiger partial charge in [0, 0.05) is 6.42 Å². The van der Waals surface area contributed by atoms with Gasteiger partial charge in [0.25, 0.3) is 8.32 Å². The van der Waals surface area contributed by atoms with Crippen molar-refractivity contribution in [2.24, 2.45) is 0 Å². The number of benzene rings is 2. The third-order valence-corrected chi connectivity index (χ3v) is 9.60. The molecule has 0 N–H and O–H groups in total. The highest BCUT2D eigenvalue weighted by molar-refractivity contribution is 6.99. The van der Waals surface area contributed by atoms with Crippen LogP contribution in [0.5, 0.6) is 0 Å². The van der Waals surface area contributed by atoms with Crippen LogP contribution in [0, 0.1) is 0 Å². The summed E-state index contributed by atoms with van der Waals surface area (Å²) in [4.78, 5) is 0. The van der Waals surface area contributed by atoms with Crippen molar-refractivity contribution in [3.8, 4) is 0 Å². The van der Waals surface area contributed by atoms with Gasteiger partial charge < -0.3 is 9.16 Å². The topological polar surface area (TPSA) is 18.5 Å². The molecule has 0 fully saturated rings. The summed E-state index contributed by atoms with van der Waals surface area (Å²) in [7, 11) is -2.61. The maximum absolute atomic E-state index is 6.91. The van der Waals surface area contributed by atoms with E-state index < -0.39 is 8.32 Å². The highest BCUT2D eigenvalue weighted by atomic mass is 28.4. The molecule has 1 unspecified atom stereocenters. The maximum Gasteiger partial charge on any atom is 0.265 e. The summed E-state index contributed by atoms with van der Waals surface area (Å²) in [5.74, 6) is 0. The molecule has 2 rings (SSSR count). The lowest BCUT2D eigenvalue weighted by molar-refractivity contribution is -0.0411. The van der Waals surface area contributed by atoms with Gasteiger partial charge in [0.1, 0.15) is 0 Å². The molecule has 26 heavy (non-hydrogen) atoms.